The third kappa shape index (κ3) is 10.1. The van der Waals surface area contributed by atoms with Crippen LogP contribution in [0.5, 0.6) is 17.2 Å². The maximum absolute atomic E-state index is 14.3. The van der Waals surface area contributed by atoms with Crippen molar-refractivity contribution in [3.05, 3.63) is 166 Å². The van der Waals surface area contributed by atoms with Crippen LogP contribution in [0.4, 0.5) is 13.2 Å². The van der Waals surface area contributed by atoms with Crippen LogP contribution in [0.15, 0.2) is 132 Å². The second kappa shape index (κ2) is 17.5. The van der Waals surface area contributed by atoms with Gasteiger partial charge in [0, 0.05) is 11.6 Å². The highest BCUT2D eigenvalue weighted by Crippen LogP contribution is 2.30. The maximum Gasteiger partial charge on any atom is 0.372 e. The van der Waals surface area contributed by atoms with Crippen molar-refractivity contribution in [2.75, 3.05) is 0 Å². The minimum atomic E-state index is -1.53. The molecule has 270 valence electrons. The largest absolute Gasteiger partial charge is 0.478 e. The van der Waals surface area contributed by atoms with Gasteiger partial charge in [0.25, 0.3) is 0 Å². The second-order valence-electron chi connectivity index (χ2n) is 11.2. The third-order valence-corrected chi connectivity index (χ3v) is 7.40. The van der Waals surface area contributed by atoms with Gasteiger partial charge in [-0.3, -0.25) is 0 Å². The molecular weight excluding hydrogens is 717 g/mol. The Morgan fingerprint density at radius 3 is 1.87 bits per heavy atom. The smallest absolute Gasteiger partial charge is 0.372 e. The summed E-state index contributed by atoms with van der Waals surface area (Å²) < 4.78 is 57.5. The molecule has 0 saturated carbocycles. The fourth-order valence-corrected chi connectivity index (χ4v) is 4.81. The zero-order valence-corrected chi connectivity index (χ0v) is 28.0. The SMILES string of the molecule is N#CC(=Cc1ccc(OC(=O)C(F)=Cc2ccccc2)cc1)C(=O)Oc1cccc(C=C(C#N)C(=O)Oc2ccc(-c3ccc(F)cc3F)cc2C(=O)O)c1. The Morgan fingerprint density at radius 1 is 0.600 bits per heavy atom. The highest BCUT2D eigenvalue weighted by molar-refractivity contribution is 6.01. The van der Waals surface area contributed by atoms with E-state index in [0.717, 1.165) is 36.4 Å². The lowest BCUT2D eigenvalue weighted by molar-refractivity contribution is -0.132. The van der Waals surface area contributed by atoms with E-state index in [0.29, 0.717) is 17.2 Å². The summed E-state index contributed by atoms with van der Waals surface area (Å²) in [5, 5.41) is 29.0. The summed E-state index contributed by atoms with van der Waals surface area (Å²) in [4.78, 5) is 49.9. The summed E-state index contributed by atoms with van der Waals surface area (Å²) >= 11 is 0. The molecule has 0 fully saturated rings. The zero-order chi connectivity index (χ0) is 39.5. The van der Waals surface area contributed by atoms with Gasteiger partial charge in [0.2, 0.25) is 5.83 Å². The zero-order valence-electron chi connectivity index (χ0n) is 28.0. The van der Waals surface area contributed by atoms with Crippen LogP contribution < -0.4 is 14.2 Å². The summed E-state index contributed by atoms with van der Waals surface area (Å²) in [5.74, 6) is -8.46. The molecule has 0 heterocycles. The van der Waals surface area contributed by atoms with Gasteiger partial charge < -0.3 is 19.3 Å². The van der Waals surface area contributed by atoms with Gasteiger partial charge in [0.15, 0.2) is 0 Å². The first-order chi connectivity index (χ1) is 26.4. The van der Waals surface area contributed by atoms with Crippen LogP contribution in [-0.2, 0) is 14.4 Å². The second-order valence-corrected chi connectivity index (χ2v) is 11.2. The van der Waals surface area contributed by atoms with Crippen molar-refractivity contribution in [3.8, 4) is 40.5 Å². The van der Waals surface area contributed by atoms with Gasteiger partial charge in [-0.2, -0.15) is 14.9 Å². The van der Waals surface area contributed by atoms with Crippen LogP contribution in [0.25, 0.3) is 29.4 Å². The van der Waals surface area contributed by atoms with E-state index in [1.54, 1.807) is 42.5 Å². The van der Waals surface area contributed by atoms with Gasteiger partial charge in [0.1, 0.15) is 57.7 Å². The van der Waals surface area contributed by atoms with Crippen molar-refractivity contribution < 1.29 is 51.7 Å². The van der Waals surface area contributed by atoms with Crippen molar-refractivity contribution in [3.63, 3.8) is 0 Å². The fourth-order valence-electron chi connectivity index (χ4n) is 4.81. The topological polar surface area (TPSA) is 164 Å². The third-order valence-electron chi connectivity index (χ3n) is 7.40. The number of ether oxygens (including phenoxy) is 3. The molecule has 0 radical (unpaired) electrons. The van der Waals surface area contributed by atoms with Crippen LogP contribution in [-0.4, -0.2) is 29.0 Å². The number of carbonyl (C=O) groups excluding carboxylic acids is 3. The number of nitriles is 2. The molecular formula is C42H23F3N2O8. The Balaban J connectivity index is 1.25. The summed E-state index contributed by atoms with van der Waals surface area (Å²) in [6.07, 6.45) is 3.31. The van der Waals surface area contributed by atoms with Crippen molar-refractivity contribution >= 4 is 42.1 Å². The first kappa shape index (κ1) is 38.2. The number of esters is 3. The van der Waals surface area contributed by atoms with E-state index in [-0.39, 0.29) is 28.2 Å². The Hall–Kier alpha value is -8.03. The lowest BCUT2D eigenvalue weighted by Gasteiger charge is -2.10. The molecule has 0 spiro atoms. The molecule has 0 unspecified atom stereocenters. The molecule has 5 aromatic carbocycles. The maximum atomic E-state index is 14.3. The van der Waals surface area contributed by atoms with Gasteiger partial charge in [-0.25, -0.2) is 28.0 Å². The predicted molar refractivity (Wildman–Crippen MR) is 191 cm³/mol. The molecule has 0 atom stereocenters. The van der Waals surface area contributed by atoms with Crippen molar-refractivity contribution in [2.24, 2.45) is 0 Å². The molecule has 0 bridgehead atoms. The number of carboxylic acid groups (broad SMARTS) is 1. The number of rotatable bonds is 11. The number of benzene rings is 5. The van der Waals surface area contributed by atoms with E-state index in [9.17, 15) is 48.0 Å². The predicted octanol–water partition coefficient (Wildman–Crippen LogP) is 8.27. The van der Waals surface area contributed by atoms with Crippen LogP contribution in [0.3, 0.4) is 0 Å². The lowest BCUT2D eigenvalue weighted by atomic mass is 10.0. The number of hydrogen-bond donors (Lipinski definition) is 1. The summed E-state index contributed by atoms with van der Waals surface area (Å²) in [7, 11) is 0. The average Bonchev–Trinajstić information content (AvgIpc) is 3.17. The van der Waals surface area contributed by atoms with Crippen molar-refractivity contribution in [2.45, 2.75) is 0 Å². The molecule has 0 aliphatic rings. The fraction of sp³-hybridized carbons (Fsp3) is 0. The average molecular weight is 741 g/mol. The molecule has 13 heteroatoms. The molecule has 0 saturated heterocycles. The number of halogens is 3. The molecule has 0 aliphatic carbocycles. The normalized spacial score (nSPS) is 11.5. The van der Waals surface area contributed by atoms with Crippen LogP contribution in [0.2, 0.25) is 0 Å². The first-order valence-corrected chi connectivity index (χ1v) is 15.8. The van der Waals surface area contributed by atoms with E-state index < -0.39 is 63.8 Å². The number of carboxylic acids is 1. The molecule has 55 heavy (non-hydrogen) atoms. The van der Waals surface area contributed by atoms with Crippen LogP contribution >= 0.6 is 0 Å². The lowest BCUT2D eigenvalue weighted by Crippen LogP contribution is -2.13. The Morgan fingerprint density at radius 2 is 1.22 bits per heavy atom. The van der Waals surface area contributed by atoms with E-state index in [1.165, 1.54) is 60.7 Å². The van der Waals surface area contributed by atoms with Gasteiger partial charge in [-0.1, -0.05) is 60.7 Å². The molecule has 0 amide bonds. The number of aromatic carboxylic acids is 1. The summed E-state index contributed by atoms with van der Waals surface area (Å²) in [5.41, 5.74) is -0.588. The standard InChI is InChI=1S/C42H23F3N2O8/c43-31-12-15-34(36(44)22-31)28-11-16-38(35(21-28)39(48)49)55-41(51)30(24-47)18-27-7-4-8-33(19-27)54-40(50)29(23-46)17-26-9-13-32(14-10-26)53-42(52)37(45)20-25-5-2-1-3-6-25/h1-22H,(H,48,49). The molecule has 1 N–H and O–H groups in total. The van der Waals surface area contributed by atoms with Gasteiger partial charge >= 0.3 is 23.9 Å². The Bertz CT molecular complexity index is 2500. The number of carbonyl (C=O) groups is 4. The Labute approximate surface area is 310 Å². The molecule has 0 aromatic heterocycles. The Kier molecular flexibility index (Phi) is 12.1. The van der Waals surface area contributed by atoms with E-state index >= 15 is 0 Å². The monoisotopic (exact) mass is 740 g/mol. The number of hydrogen-bond acceptors (Lipinski definition) is 9. The summed E-state index contributed by atoms with van der Waals surface area (Å²) in [6.45, 7) is 0. The van der Waals surface area contributed by atoms with Crippen LogP contribution in [0, 0.1) is 34.3 Å². The van der Waals surface area contributed by atoms with Crippen LogP contribution in [0.1, 0.15) is 27.0 Å². The quantitative estimate of drug-likeness (QED) is 0.0603. The first-order valence-electron chi connectivity index (χ1n) is 15.8. The summed E-state index contributed by atoms with van der Waals surface area (Å²) in [6, 6.07) is 28.9. The highest BCUT2D eigenvalue weighted by atomic mass is 19.1. The van der Waals surface area contributed by atoms with Crippen molar-refractivity contribution in [1.29, 1.82) is 10.5 Å². The van der Waals surface area contributed by atoms with Gasteiger partial charge in [-0.05, 0) is 89.0 Å². The molecule has 0 aliphatic heterocycles. The highest BCUT2D eigenvalue weighted by Gasteiger charge is 2.20. The number of nitrogens with zero attached hydrogens (tertiary/aromatic N) is 2. The molecule has 5 aromatic rings. The van der Waals surface area contributed by atoms with Gasteiger partial charge in [0.05, 0.1) is 0 Å². The molecule has 10 nitrogen and oxygen atoms in total. The van der Waals surface area contributed by atoms with Gasteiger partial charge in [-0.15, -0.1) is 0 Å². The minimum absolute atomic E-state index is 0.00381. The van der Waals surface area contributed by atoms with E-state index in [4.69, 9.17) is 14.2 Å². The molecule has 5 rings (SSSR count). The minimum Gasteiger partial charge on any atom is -0.478 e. The van der Waals surface area contributed by atoms with E-state index in [1.807, 2.05) is 0 Å². The van der Waals surface area contributed by atoms with E-state index in [2.05, 4.69) is 0 Å². The van der Waals surface area contributed by atoms with Crippen molar-refractivity contribution in [1.82, 2.24) is 0 Å².